The van der Waals surface area contributed by atoms with Crippen molar-refractivity contribution in [2.45, 2.75) is 84.5 Å². The summed E-state index contributed by atoms with van der Waals surface area (Å²) in [6.07, 6.45) is 7.46. The Morgan fingerprint density at radius 1 is 1.12 bits per heavy atom. The lowest BCUT2D eigenvalue weighted by molar-refractivity contribution is 0.477. The van der Waals surface area contributed by atoms with Gasteiger partial charge in [-0.3, -0.25) is 4.99 Å². The van der Waals surface area contributed by atoms with Gasteiger partial charge in [0.1, 0.15) is 5.82 Å². The van der Waals surface area contributed by atoms with Gasteiger partial charge in [-0.2, -0.15) is 0 Å². The van der Waals surface area contributed by atoms with Crippen molar-refractivity contribution in [2.24, 2.45) is 22.6 Å². The molecule has 0 spiro atoms. The molecule has 0 fully saturated rings. The number of thioether (sulfide) groups is 1. The number of hydrogen-bond acceptors (Lipinski definition) is 4. The molecule has 1 rings (SSSR count). The van der Waals surface area contributed by atoms with Crippen molar-refractivity contribution in [3.05, 3.63) is 5.82 Å². The largest absolute Gasteiger partial charge is 0.370 e. The SMILES string of the molecule is CSc1nnc(CCCN=C(N)NC(C)CCCC(C)C)n1CC(C)C. The van der Waals surface area contributed by atoms with Crippen LogP contribution in [-0.2, 0) is 13.0 Å². The highest BCUT2D eigenvalue weighted by Crippen LogP contribution is 2.16. The highest BCUT2D eigenvalue weighted by atomic mass is 32.2. The zero-order chi connectivity index (χ0) is 19.5. The number of nitrogens with zero attached hydrogens (tertiary/aromatic N) is 4. The summed E-state index contributed by atoms with van der Waals surface area (Å²) in [4.78, 5) is 4.46. The van der Waals surface area contributed by atoms with E-state index in [4.69, 9.17) is 5.73 Å². The summed E-state index contributed by atoms with van der Waals surface area (Å²) >= 11 is 1.65. The van der Waals surface area contributed by atoms with Crippen LogP contribution < -0.4 is 11.1 Å². The van der Waals surface area contributed by atoms with E-state index in [2.05, 4.69) is 59.7 Å². The van der Waals surface area contributed by atoms with Gasteiger partial charge in [0, 0.05) is 25.6 Å². The number of aromatic nitrogens is 3. The molecule has 0 amide bonds. The molecule has 1 aromatic rings. The summed E-state index contributed by atoms with van der Waals surface area (Å²) in [5.41, 5.74) is 6.01. The number of aryl methyl sites for hydroxylation is 1. The van der Waals surface area contributed by atoms with E-state index in [1.165, 1.54) is 12.8 Å². The predicted molar refractivity (Wildman–Crippen MR) is 113 cm³/mol. The second kappa shape index (κ2) is 12.2. The first-order valence-electron chi connectivity index (χ1n) is 9.86. The molecular formula is C19H38N6S. The zero-order valence-corrected chi connectivity index (χ0v) is 18.3. The molecule has 6 nitrogen and oxygen atoms in total. The van der Waals surface area contributed by atoms with Gasteiger partial charge in [-0.15, -0.1) is 10.2 Å². The molecule has 1 atom stereocenters. The van der Waals surface area contributed by atoms with Crippen molar-refractivity contribution in [2.75, 3.05) is 12.8 Å². The summed E-state index contributed by atoms with van der Waals surface area (Å²) in [5.74, 6) is 2.94. The standard InChI is InChI=1S/C19H38N6S/c1-14(2)9-7-10-16(5)22-18(20)21-12-8-11-17-23-24-19(26-6)25(17)13-15(3)4/h14-16H,7-13H2,1-6H3,(H3,20,21,22). The van der Waals surface area contributed by atoms with E-state index in [1.807, 2.05) is 6.26 Å². The summed E-state index contributed by atoms with van der Waals surface area (Å²) in [7, 11) is 0. The van der Waals surface area contributed by atoms with Crippen LogP contribution in [0.3, 0.4) is 0 Å². The predicted octanol–water partition coefficient (Wildman–Crippen LogP) is 3.71. The van der Waals surface area contributed by atoms with Crippen LogP contribution in [-0.4, -0.2) is 39.6 Å². The van der Waals surface area contributed by atoms with Crippen molar-refractivity contribution >= 4 is 17.7 Å². The molecule has 0 saturated heterocycles. The maximum Gasteiger partial charge on any atom is 0.190 e. The molecule has 0 saturated carbocycles. The van der Waals surface area contributed by atoms with Gasteiger partial charge >= 0.3 is 0 Å². The zero-order valence-electron chi connectivity index (χ0n) is 17.5. The van der Waals surface area contributed by atoms with Crippen molar-refractivity contribution in [1.82, 2.24) is 20.1 Å². The smallest absolute Gasteiger partial charge is 0.190 e. The Balaban J connectivity index is 2.38. The maximum atomic E-state index is 6.01. The van der Waals surface area contributed by atoms with E-state index < -0.39 is 0 Å². The fourth-order valence-corrected chi connectivity index (χ4v) is 3.37. The van der Waals surface area contributed by atoms with Gasteiger partial charge in [0.15, 0.2) is 11.1 Å². The highest BCUT2D eigenvalue weighted by Gasteiger charge is 2.12. The molecule has 0 aromatic carbocycles. The molecule has 1 heterocycles. The van der Waals surface area contributed by atoms with Crippen LogP contribution in [0.15, 0.2) is 10.1 Å². The van der Waals surface area contributed by atoms with Crippen molar-refractivity contribution < 1.29 is 0 Å². The van der Waals surface area contributed by atoms with E-state index in [0.717, 1.165) is 42.7 Å². The first kappa shape index (κ1) is 22.8. The van der Waals surface area contributed by atoms with Crippen LogP contribution in [0.1, 0.15) is 66.1 Å². The van der Waals surface area contributed by atoms with Crippen LogP contribution in [0, 0.1) is 11.8 Å². The Morgan fingerprint density at radius 3 is 2.46 bits per heavy atom. The van der Waals surface area contributed by atoms with Gasteiger partial charge in [0.25, 0.3) is 0 Å². The minimum Gasteiger partial charge on any atom is -0.370 e. The lowest BCUT2D eigenvalue weighted by Crippen LogP contribution is -2.38. The molecule has 26 heavy (non-hydrogen) atoms. The summed E-state index contributed by atoms with van der Waals surface area (Å²) in [5, 5.41) is 12.9. The molecular weight excluding hydrogens is 344 g/mol. The van der Waals surface area contributed by atoms with Gasteiger partial charge in [-0.25, -0.2) is 0 Å². The number of hydrogen-bond donors (Lipinski definition) is 2. The van der Waals surface area contributed by atoms with E-state index >= 15 is 0 Å². The Bertz CT molecular complexity index is 538. The van der Waals surface area contributed by atoms with E-state index in [9.17, 15) is 0 Å². The quantitative estimate of drug-likeness (QED) is 0.249. The van der Waals surface area contributed by atoms with Crippen molar-refractivity contribution in [1.29, 1.82) is 0 Å². The molecule has 150 valence electrons. The highest BCUT2D eigenvalue weighted by molar-refractivity contribution is 7.98. The first-order chi connectivity index (χ1) is 12.3. The van der Waals surface area contributed by atoms with Gasteiger partial charge in [0.05, 0.1) is 0 Å². The Kier molecular flexibility index (Phi) is 10.7. The Hall–Kier alpha value is -1.24. The third-order valence-corrected chi connectivity index (χ3v) is 4.84. The number of aliphatic imine (C=N–C) groups is 1. The van der Waals surface area contributed by atoms with Crippen LogP contribution in [0.2, 0.25) is 0 Å². The molecule has 0 bridgehead atoms. The lowest BCUT2D eigenvalue weighted by atomic mass is 10.0. The Morgan fingerprint density at radius 2 is 1.85 bits per heavy atom. The fraction of sp³-hybridized carbons (Fsp3) is 0.842. The van der Waals surface area contributed by atoms with Crippen LogP contribution in [0.4, 0.5) is 0 Å². The van der Waals surface area contributed by atoms with Gasteiger partial charge in [-0.1, -0.05) is 52.3 Å². The normalized spacial score (nSPS) is 13.6. The molecule has 0 radical (unpaired) electrons. The minimum absolute atomic E-state index is 0.371. The number of rotatable bonds is 12. The number of guanidine groups is 1. The summed E-state index contributed by atoms with van der Waals surface area (Å²) in [6.45, 7) is 12.8. The topological polar surface area (TPSA) is 81.1 Å². The number of nitrogens with two attached hydrogens (primary N) is 1. The van der Waals surface area contributed by atoms with E-state index in [1.54, 1.807) is 11.8 Å². The first-order valence-corrected chi connectivity index (χ1v) is 11.1. The second-order valence-electron chi connectivity index (χ2n) is 7.85. The van der Waals surface area contributed by atoms with Crippen LogP contribution >= 0.6 is 11.8 Å². The molecule has 0 aliphatic rings. The Labute approximate surface area is 163 Å². The van der Waals surface area contributed by atoms with E-state index in [0.29, 0.717) is 24.5 Å². The molecule has 7 heteroatoms. The average Bonchev–Trinajstić information content (AvgIpc) is 2.92. The van der Waals surface area contributed by atoms with Crippen LogP contribution in [0.25, 0.3) is 0 Å². The third-order valence-electron chi connectivity index (χ3n) is 4.18. The molecule has 0 aliphatic heterocycles. The fourth-order valence-electron chi connectivity index (χ4n) is 2.84. The molecule has 1 aromatic heterocycles. The van der Waals surface area contributed by atoms with Gasteiger partial charge in [0.2, 0.25) is 0 Å². The van der Waals surface area contributed by atoms with Crippen molar-refractivity contribution in [3.63, 3.8) is 0 Å². The van der Waals surface area contributed by atoms with E-state index in [-0.39, 0.29) is 0 Å². The summed E-state index contributed by atoms with van der Waals surface area (Å²) < 4.78 is 2.23. The number of nitrogens with one attached hydrogen (secondary N) is 1. The third kappa shape index (κ3) is 8.92. The maximum absolute atomic E-state index is 6.01. The summed E-state index contributed by atoms with van der Waals surface area (Å²) in [6, 6.07) is 0.371. The molecule has 0 aliphatic carbocycles. The minimum atomic E-state index is 0.371. The van der Waals surface area contributed by atoms with Gasteiger partial charge < -0.3 is 15.6 Å². The second-order valence-corrected chi connectivity index (χ2v) is 8.62. The monoisotopic (exact) mass is 382 g/mol. The molecule has 1 unspecified atom stereocenters. The molecule has 3 N–H and O–H groups in total. The average molecular weight is 383 g/mol. The van der Waals surface area contributed by atoms with Gasteiger partial charge in [-0.05, 0) is 37.9 Å². The lowest BCUT2D eigenvalue weighted by Gasteiger charge is -2.15. The van der Waals surface area contributed by atoms with Crippen LogP contribution in [0.5, 0.6) is 0 Å². The van der Waals surface area contributed by atoms with Crippen molar-refractivity contribution in [3.8, 4) is 0 Å².